The Morgan fingerprint density at radius 3 is 2.91 bits per heavy atom. The van der Waals surface area contributed by atoms with Crippen molar-refractivity contribution in [3.05, 3.63) is 40.9 Å². The van der Waals surface area contributed by atoms with Gasteiger partial charge in [0.1, 0.15) is 30.1 Å². The van der Waals surface area contributed by atoms with Crippen molar-refractivity contribution < 1.29 is 9.84 Å². The van der Waals surface area contributed by atoms with Crippen LogP contribution in [0.25, 0.3) is 0 Å². The number of benzene rings is 1. The Kier molecular flexibility index (Phi) is 4.80. The third kappa shape index (κ3) is 3.47. The van der Waals surface area contributed by atoms with Gasteiger partial charge in [0.25, 0.3) is 0 Å². The number of hydrogen-bond acceptors (Lipinski definition) is 4. The van der Waals surface area contributed by atoms with E-state index in [4.69, 9.17) is 27.9 Å². The molecule has 2 aromatic rings. The van der Waals surface area contributed by atoms with Crippen molar-refractivity contribution in [2.75, 3.05) is 0 Å². The molecule has 5 nitrogen and oxygen atoms in total. The maximum absolute atomic E-state index is 11.3. The molecule has 0 spiro atoms. The van der Waals surface area contributed by atoms with Crippen molar-refractivity contribution in [2.24, 2.45) is 5.92 Å². The van der Waals surface area contributed by atoms with Crippen molar-refractivity contribution in [2.45, 2.75) is 44.4 Å². The third-order valence-electron chi connectivity index (χ3n) is 4.56. The van der Waals surface area contributed by atoms with Gasteiger partial charge in [-0.05, 0) is 43.4 Å². The zero-order chi connectivity index (χ0) is 16.4. The highest BCUT2D eigenvalue weighted by Gasteiger charge is 2.46. The molecule has 1 aliphatic rings. The lowest BCUT2D eigenvalue weighted by molar-refractivity contribution is -0.132. The lowest BCUT2D eigenvalue weighted by Gasteiger charge is -2.44. The summed E-state index contributed by atoms with van der Waals surface area (Å²) in [6, 6.07) is 5.10. The lowest BCUT2D eigenvalue weighted by atomic mass is 9.74. The zero-order valence-electron chi connectivity index (χ0n) is 12.8. The van der Waals surface area contributed by atoms with Crippen molar-refractivity contribution >= 4 is 23.2 Å². The summed E-state index contributed by atoms with van der Waals surface area (Å²) in [4.78, 5) is 3.94. The van der Waals surface area contributed by atoms with E-state index in [0.29, 0.717) is 22.3 Å². The Morgan fingerprint density at radius 2 is 2.22 bits per heavy atom. The van der Waals surface area contributed by atoms with Crippen LogP contribution in [0.3, 0.4) is 0 Å². The maximum atomic E-state index is 11.3. The smallest absolute Gasteiger partial charge is 0.138 e. The van der Waals surface area contributed by atoms with Crippen LogP contribution in [0.2, 0.25) is 10.0 Å². The van der Waals surface area contributed by atoms with Crippen LogP contribution in [-0.2, 0) is 6.54 Å². The van der Waals surface area contributed by atoms with Crippen LogP contribution in [-0.4, -0.2) is 31.6 Å². The molecule has 1 aliphatic carbocycles. The van der Waals surface area contributed by atoms with E-state index >= 15 is 0 Å². The molecule has 0 saturated heterocycles. The number of ether oxygens (including phenoxy) is 1. The molecule has 0 aliphatic heterocycles. The van der Waals surface area contributed by atoms with Gasteiger partial charge in [-0.15, -0.1) is 0 Å². The number of hydrogen-bond donors (Lipinski definition) is 1. The predicted molar refractivity (Wildman–Crippen MR) is 88.9 cm³/mol. The van der Waals surface area contributed by atoms with Crippen molar-refractivity contribution in [3.63, 3.8) is 0 Å². The van der Waals surface area contributed by atoms with Crippen LogP contribution in [0.15, 0.2) is 30.9 Å². The van der Waals surface area contributed by atoms with Crippen molar-refractivity contribution in [1.82, 2.24) is 14.8 Å². The fraction of sp³-hybridized carbons (Fsp3) is 0.500. The molecule has 1 saturated carbocycles. The predicted octanol–water partition coefficient (Wildman–Crippen LogP) is 3.58. The van der Waals surface area contributed by atoms with Crippen LogP contribution < -0.4 is 4.74 Å². The average Bonchev–Trinajstić information content (AvgIpc) is 2.99. The summed E-state index contributed by atoms with van der Waals surface area (Å²) in [5.74, 6) is 0.615. The van der Waals surface area contributed by atoms with Gasteiger partial charge >= 0.3 is 0 Å². The highest BCUT2D eigenvalue weighted by atomic mass is 35.5. The maximum Gasteiger partial charge on any atom is 0.138 e. The van der Waals surface area contributed by atoms with E-state index < -0.39 is 5.60 Å². The molecular weight excluding hydrogens is 337 g/mol. The standard InChI is InChI=1S/C16H19Cl2N3O2/c1-11-3-2-4-15(16(11,22)8-21-10-19-9-20-21)23-14-6-5-12(17)7-13(14)18/h5-7,9-11,15,22H,2-4,8H2,1H3/t11-,15-,16-/m0/s1. The highest BCUT2D eigenvalue weighted by molar-refractivity contribution is 6.35. The zero-order valence-corrected chi connectivity index (χ0v) is 14.3. The van der Waals surface area contributed by atoms with E-state index in [2.05, 4.69) is 10.1 Å². The molecule has 3 rings (SSSR count). The number of rotatable bonds is 4. The molecular formula is C16H19Cl2N3O2. The van der Waals surface area contributed by atoms with Crippen molar-refractivity contribution in [3.8, 4) is 5.75 Å². The highest BCUT2D eigenvalue weighted by Crippen LogP contribution is 2.39. The number of aromatic nitrogens is 3. The fourth-order valence-electron chi connectivity index (χ4n) is 3.14. The van der Waals surface area contributed by atoms with Gasteiger partial charge in [-0.2, -0.15) is 5.10 Å². The number of aliphatic hydroxyl groups is 1. The van der Waals surface area contributed by atoms with Gasteiger partial charge in [-0.1, -0.05) is 30.1 Å². The summed E-state index contributed by atoms with van der Waals surface area (Å²) in [7, 11) is 0. The molecule has 0 bridgehead atoms. The van der Waals surface area contributed by atoms with E-state index in [-0.39, 0.29) is 12.0 Å². The first-order chi connectivity index (χ1) is 11.0. The molecule has 1 aromatic heterocycles. The lowest BCUT2D eigenvalue weighted by Crippen LogP contribution is -2.56. The van der Waals surface area contributed by atoms with E-state index in [9.17, 15) is 5.11 Å². The minimum absolute atomic E-state index is 0.0801. The van der Waals surface area contributed by atoms with Crippen LogP contribution in [0.1, 0.15) is 26.2 Å². The molecule has 23 heavy (non-hydrogen) atoms. The molecule has 1 aromatic carbocycles. The fourth-order valence-corrected chi connectivity index (χ4v) is 3.60. The summed E-state index contributed by atoms with van der Waals surface area (Å²) < 4.78 is 7.71. The Morgan fingerprint density at radius 1 is 1.39 bits per heavy atom. The van der Waals surface area contributed by atoms with Gasteiger partial charge in [0.2, 0.25) is 0 Å². The Labute approximate surface area is 145 Å². The summed E-state index contributed by atoms with van der Waals surface area (Å²) in [6.07, 6.45) is 5.40. The molecule has 0 radical (unpaired) electrons. The second kappa shape index (κ2) is 6.67. The van der Waals surface area contributed by atoms with Crippen LogP contribution >= 0.6 is 23.2 Å². The van der Waals surface area contributed by atoms with E-state index in [0.717, 1.165) is 19.3 Å². The minimum atomic E-state index is -1.03. The van der Waals surface area contributed by atoms with Gasteiger partial charge in [-0.3, -0.25) is 0 Å². The van der Waals surface area contributed by atoms with Gasteiger partial charge in [0.05, 0.1) is 11.6 Å². The number of halogens is 2. The topological polar surface area (TPSA) is 60.2 Å². The largest absolute Gasteiger partial charge is 0.486 e. The first-order valence-corrected chi connectivity index (χ1v) is 8.41. The Balaban J connectivity index is 1.85. The molecule has 0 amide bonds. The summed E-state index contributed by atoms with van der Waals surface area (Å²) >= 11 is 12.1. The quantitative estimate of drug-likeness (QED) is 0.910. The van der Waals surface area contributed by atoms with E-state index in [1.165, 1.54) is 6.33 Å². The molecule has 7 heteroatoms. The first-order valence-electron chi connectivity index (χ1n) is 7.65. The van der Waals surface area contributed by atoms with Crippen LogP contribution in [0, 0.1) is 5.92 Å². The second-order valence-corrected chi connectivity index (χ2v) is 6.94. The SMILES string of the molecule is C[C@H]1CCC[C@H](Oc2ccc(Cl)cc2Cl)[C@]1(O)Cn1cncn1. The summed E-state index contributed by atoms with van der Waals surface area (Å²) in [5.41, 5.74) is -1.03. The Hall–Kier alpha value is -1.30. The molecule has 124 valence electrons. The third-order valence-corrected chi connectivity index (χ3v) is 5.09. The molecule has 1 fully saturated rings. The van der Waals surface area contributed by atoms with Gasteiger partial charge in [0, 0.05) is 5.02 Å². The van der Waals surface area contributed by atoms with Crippen LogP contribution in [0.5, 0.6) is 5.75 Å². The van der Waals surface area contributed by atoms with E-state index in [1.807, 2.05) is 6.92 Å². The monoisotopic (exact) mass is 355 g/mol. The van der Waals surface area contributed by atoms with Gasteiger partial charge in [-0.25, -0.2) is 9.67 Å². The van der Waals surface area contributed by atoms with E-state index in [1.54, 1.807) is 29.2 Å². The summed E-state index contributed by atoms with van der Waals surface area (Å²) in [6.45, 7) is 2.37. The average molecular weight is 356 g/mol. The summed E-state index contributed by atoms with van der Waals surface area (Å²) in [5, 5.41) is 16.4. The normalized spacial score (nSPS) is 27.8. The molecule has 1 heterocycles. The molecule has 3 atom stereocenters. The molecule has 0 unspecified atom stereocenters. The first kappa shape index (κ1) is 16.6. The second-order valence-electron chi connectivity index (χ2n) is 6.10. The van der Waals surface area contributed by atoms with Crippen molar-refractivity contribution in [1.29, 1.82) is 0 Å². The van der Waals surface area contributed by atoms with Crippen LogP contribution in [0.4, 0.5) is 0 Å². The van der Waals surface area contributed by atoms with Gasteiger partial charge in [0.15, 0.2) is 0 Å². The Bertz CT molecular complexity index is 665. The minimum Gasteiger partial charge on any atom is -0.486 e. The molecule has 1 N–H and O–H groups in total. The van der Waals surface area contributed by atoms with Gasteiger partial charge < -0.3 is 9.84 Å². The number of nitrogens with zero attached hydrogens (tertiary/aromatic N) is 3.